The molecule has 1 amide bonds. The van der Waals surface area contributed by atoms with Crippen LogP contribution in [-0.2, 0) is 4.79 Å². The van der Waals surface area contributed by atoms with Gasteiger partial charge in [0.15, 0.2) is 0 Å². The smallest absolute Gasteiger partial charge is 0.292 e. The third-order valence-corrected chi connectivity index (χ3v) is 4.18. The van der Waals surface area contributed by atoms with Crippen molar-refractivity contribution >= 4 is 38.9 Å². The van der Waals surface area contributed by atoms with E-state index in [4.69, 9.17) is 0 Å². The van der Waals surface area contributed by atoms with Crippen molar-refractivity contribution in [1.29, 1.82) is 0 Å². The Labute approximate surface area is 142 Å². The standard InChI is InChI=1S/C16H16BrN3O3/c1-10-9-12(7-8-13(10)17)18-11(2)16(21)19-14-5-3-4-6-15(14)20(22)23/h3-9,11,18H,1-2H3,(H,19,21). The van der Waals surface area contributed by atoms with Crippen molar-refractivity contribution in [3.8, 4) is 0 Å². The molecule has 7 heteroatoms. The second-order valence-corrected chi connectivity index (χ2v) is 5.95. The number of carbonyl (C=O) groups excluding carboxylic acids is 1. The van der Waals surface area contributed by atoms with Crippen molar-refractivity contribution in [2.45, 2.75) is 19.9 Å². The van der Waals surface area contributed by atoms with Crippen LogP contribution in [0.2, 0.25) is 0 Å². The number of nitrogens with zero attached hydrogens (tertiary/aromatic N) is 1. The number of para-hydroxylation sites is 2. The molecule has 0 aliphatic carbocycles. The second kappa shape index (κ2) is 7.23. The van der Waals surface area contributed by atoms with Crippen LogP contribution in [0.3, 0.4) is 0 Å². The quantitative estimate of drug-likeness (QED) is 0.606. The summed E-state index contributed by atoms with van der Waals surface area (Å²) in [4.78, 5) is 22.7. The Balaban J connectivity index is 2.08. The van der Waals surface area contributed by atoms with Crippen LogP contribution in [0.1, 0.15) is 12.5 Å². The molecule has 120 valence electrons. The fourth-order valence-electron chi connectivity index (χ4n) is 2.03. The maximum atomic E-state index is 12.2. The van der Waals surface area contributed by atoms with Gasteiger partial charge in [-0.2, -0.15) is 0 Å². The molecular weight excluding hydrogens is 362 g/mol. The van der Waals surface area contributed by atoms with Crippen LogP contribution in [0.5, 0.6) is 0 Å². The summed E-state index contributed by atoms with van der Waals surface area (Å²) in [5.74, 6) is -0.347. The molecule has 0 aliphatic heterocycles. The monoisotopic (exact) mass is 377 g/mol. The average Bonchev–Trinajstić information content (AvgIpc) is 2.51. The molecule has 6 nitrogen and oxygen atoms in total. The number of nitro groups is 1. The predicted molar refractivity (Wildman–Crippen MR) is 93.7 cm³/mol. The lowest BCUT2D eigenvalue weighted by atomic mass is 10.2. The number of halogens is 1. The van der Waals surface area contributed by atoms with E-state index in [1.807, 2.05) is 25.1 Å². The molecular formula is C16H16BrN3O3. The van der Waals surface area contributed by atoms with Crippen molar-refractivity contribution in [2.24, 2.45) is 0 Å². The van der Waals surface area contributed by atoms with Crippen molar-refractivity contribution in [1.82, 2.24) is 0 Å². The van der Waals surface area contributed by atoms with Gasteiger partial charge < -0.3 is 10.6 Å². The van der Waals surface area contributed by atoms with Gasteiger partial charge in [0.05, 0.1) is 4.92 Å². The maximum Gasteiger partial charge on any atom is 0.292 e. The van der Waals surface area contributed by atoms with E-state index in [1.54, 1.807) is 19.1 Å². The lowest BCUT2D eigenvalue weighted by Gasteiger charge is -2.16. The van der Waals surface area contributed by atoms with Crippen molar-refractivity contribution in [2.75, 3.05) is 10.6 Å². The molecule has 0 bridgehead atoms. The molecule has 23 heavy (non-hydrogen) atoms. The molecule has 2 rings (SSSR count). The Morgan fingerprint density at radius 3 is 2.61 bits per heavy atom. The van der Waals surface area contributed by atoms with Crippen LogP contribution in [0, 0.1) is 17.0 Å². The van der Waals surface area contributed by atoms with Crippen LogP contribution < -0.4 is 10.6 Å². The molecule has 0 heterocycles. The number of aryl methyl sites for hydroxylation is 1. The molecule has 2 N–H and O–H groups in total. The van der Waals surface area contributed by atoms with Gasteiger partial charge in [0, 0.05) is 16.2 Å². The largest absolute Gasteiger partial charge is 0.374 e. The number of benzene rings is 2. The summed E-state index contributed by atoms with van der Waals surface area (Å²) in [6, 6.07) is 11.2. The topological polar surface area (TPSA) is 84.3 Å². The summed E-state index contributed by atoms with van der Waals surface area (Å²) in [5, 5.41) is 16.6. The Bertz CT molecular complexity index is 749. The Kier molecular flexibility index (Phi) is 5.33. The van der Waals surface area contributed by atoms with E-state index in [0.717, 1.165) is 15.7 Å². The summed E-state index contributed by atoms with van der Waals surface area (Å²) in [6.45, 7) is 3.65. The summed E-state index contributed by atoms with van der Waals surface area (Å²) >= 11 is 3.42. The van der Waals surface area contributed by atoms with Gasteiger partial charge in [-0.3, -0.25) is 14.9 Å². The van der Waals surface area contributed by atoms with E-state index in [0.29, 0.717) is 0 Å². The summed E-state index contributed by atoms with van der Waals surface area (Å²) in [5.41, 5.74) is 1.90. The Morgan fingerprint density at radius 1 is 1.26 bits per heavy atom. The number of amides is 1. The van der Waals surface area contributed by atoms with Crippen LogP contribution >= 0.6 is 15.9 Å². The molecule has 1 atom stereocenters. The normalized spacial score (nSPS) is 11.6. The van der Waals surface area contributed by atoms with Gasteiger partial charge >= 0.3 is 0 Å². The van der Waals surface area contributed by atoms with E-state index >= 15 is 0 Å². The lowest BCUT2D eigenvalue weighted by molar-refractivity contribution is -0.383. The molecule has 0 aliphatic rings. The second-order valence-electron chi connectivity index (χ2n) is 5.09. The van der Waals surface area contributed by atoms with Crippen LogP contribution in [0.25, 0.3) is 0 Å². The van der Waals surface area contributed by atoms with Gasteiger partial charge in [0.1, 0.15) is 11.7 Å². The molecule has 1 unspecified atom stereocenters. The van der Waals surface area contributed by atoms with Crippen molar-refractivity contribution in [3.63, 3.8) is 0 Å². The first-order valence-electron chi connectivity index (χ1n) is 6.95. The van der Waals surface area contributed by atoms with Crippen LogP contribution in [0.15, 0.2) is 46.9 Å². The molecule has 0 radical (unpaired) electrons. The van der Waals surface area contributed by atoms with E-state index in [2.05, 4.69) is 26.6 Å². The minimum Gasteiger partial charge on any atom is -0.374 e. The summed E-state index contributed by atoms with van der Waals surface area (Å²) in [7, 11) is 0. The lowest BCUT2D eigenvalue weighted by Crippen LogP contribution is -2.32. The third kappa shape index (κ3) is 4.29. The molecule has 2 aromatic rings. The number of rotatable bonds is 5. The number of anilines is 2. The highest BCUT2D eigenvalue weighted by atomic mass is 79.9. The zero-order valence-corrected chi connectivity index (χ0v) is 14.3. The first-order valence-corrected chi connectivity index (χ1v) is 7.74. The molecule has 0 aromatic heterocycles. The fraction of sp³-hybridized carbons (Fsp3) is 0.188. The van der Waals surface area contributed by atoms with Gasteiger partial charge in [-0.1, -0.05) is 28.1 Å². The summed E-state index contributed by atoms with van der Waals surface area (Å²) in [6.07, 6.45) is 0. The van der Waals surface area contributed by atoms with Crippen LogP contribution in [0.4, 0.5) is 17.1 Å². The van der Waals surface area contributed by atoms with Gasteiger partial charge in [-0.15, -0.1) is 0 Å². The molecule has 2 aromatic carbocycles. The van der Waals surface area contributed by atoms with Gasteiger partial charge in [0.25, 0.3) is 5.69 Å². The zero-order chi connectivity index (χ0) is 17.0. The fourth-order valence-corrected chi connectivity index (χ4v) is 2.28. The molecule has 0 fully saturated rings. The third-order valence-electron chi connectivity index (χ3n) is 3.29. The number of hydrogen-bond acceptors (Lipinski definition) is 4. The molecule has 0 spiro atoms. The van der Waals surface area contributed by atoms with E-state index in [-0.39, 0.29) is 17.3 Å². The SMILES string of the molecule is Cc1cc(NC(C)C(=O)Nc2ccccc2[N+](=O)[O-])ccc1Br. The van der Waals surface area contributed by atoms with Gasteiger partial charge in [-0.25, -0.2) is 0 Å². The van der Waals surface area contributed by atoms with Crippen LogP contribution in [-0.4, -0.2) is 16.9 Å². The average molecular weight is 378 g/mol. The van der Waals surface area contributed by atoms with Gasteiger partial charge in [-0.05, 0) is 43.7 Å². The highest BCUT2D eigenvalue weighted by Gasteiger charge is 2.18. The van der Waals surface area contributed by atoms with Gasteiger partial charge in [0.2, 0.25) is 5.91 Å². The van der Waals surface area contributed by atoms with E-state index in [9.17, 15) is 14.9 Å². The maximum absolute atomic E-state index is 12.2. The highest BCUT2D eigenvalue weighted by molar-refractivity contribution is 9.10. The Hall–Kier alpha value is -2.41. The minimum atomic E-state index is -0.546. The Morgan fingerprint density at radius 2 is 1.96 bits per heavy atom. The number of carbonyl (C=O) groups is 1. The van der Waals surface area contributed by atoms with Crippen molar-refractivity contribution in [3.05, 3.63) is 62.6 Å². The number of nitrogens with one attached hydrogen (secondary N) is 2. The zero-order valence-electron chi connectivity index (χ0n) is 12.7. The molecule has 0 saturated carbocycles. The predicted octanol–water partition coefficient (Wildman–Crippen LogP) is 4.10. The van der Waals surface area contributed by atoms with Crippen molar-refractivity contribution < 1.29 is 9.72 Å². The first kappa shape index (κ1) is 17.0. The van der Waals surface area contributed by atoms with E-state index < -0.39 is 11.0 Å². The highest BCUT2D eigenvalue weighted by Crippen LogP contribution is 2.24. The minimum absolute atomic E-state index is 0.132. The summed E-state index contributed by atoms with van der Waals surface area (Å²) < 4.78 is 0.986. The number of hydrogen-bond donors (Lipinski definition) is 2. The van der Waals surface area contributed by atoms with E-state index in [1.165, 1.54) is 12.1 Å². The first-order chi connectivity index (χ1) is 10.9. The molecule has 0 saturated heterocycles. The number of nitro benzene ring substituents is 1.